The number of ether oxygens (including phenoxy) is 1. The second kappa shape index (κ2) is 11.0. The molecular formula is C29H33N3O2. The van der Waals surface area contributed by atoms with E-state index in [2.05, 4.69) is 35.0 Å². The van der Waals surface area contributed by atoms with Gasteiger partial charge in [0.2, 0.25) is 5.91 Å². The predicted molar refractivity (Wildman–Crippen MR) is 137 cm³/mol. The summed E-state index contributed by atoms with van der Waals surface area (Å²) < 4.78 is 8.15. The van der Waals surface area contributed by atoms with Crippen LogP contribution in [0.3, 0.4) is 0 Å². The Balaban J connectivity index is 1.40. The molecule has 3 aromatic carbocycles. The van der Waals surface area contributed by atoms with Gasteiger partial charge in [0.1, 0.15) is 11.6 Å². The monoisotopic (exact) mass is 455 g/mol. The molecule has 5 nitrogen and oxygen atoms in total. The second-order valence-electron chi connectivity index (χ2n) is 8.87. The van der Waals surface area contributed by atoms with Crippen molar-refractivity contribution in [3.8, 4) is 5.75 Å². The number of para-hydroxylation sites is 2. The van der Waals surface area contributed by atoms with Crippen LogP contribution in [0.5, 0.6) is 5.75 Å². The van der Waals surface area contributed by atoms with Gasteiger partial charge in [0.25, 0.3) is 0 Å². The minimum Gasteiger partial charge on any atom is -0.494 e. The van der Waals surface area contributed by atoms with Gasteiger partial charge in [-0.05, 0) is 74.6 Å². The molecular weight excluding hydrogens is 422 g/mol. The molecule has 4 rings (SSSR count). The van der Waals surface area contributed by atoms with Crippen LogP contribution in [0.25, 0.3) is 11.0 Å². The van der Waals surface area contributed by atoms with E-state index in [1.165, 1.54) is 5.56 Å². The van der Waals surface area contributed by atoms with Crippen LogP contribution in [0.15, 0.2) is 72.8 Å². The number of nitrogens with one attached hydrogen (secondary N) is 1. The summed E-state index contributed by atoms with van der Waals surface area (Å²) in [5.41, 5.74) is 5.43. The molecule has 0 aliphatic carbocycles. The van der Waals surface area contributed by atoms with Crippen LogP contribution in [0, 0.1) is 13.8 Å². The first-order valence-electron chi connectivity index (χ1n) is 12.0. The van der Waals surface area contributed by atoms with Crippen molar-refractivity contribution in [1.29, 1.82) is 0 Å². The van der Waals surface area contributed by atoms with Gasteiger partial charge >= 0.3 is 0 Å². The SMILES string of the molecule is Cc1cccc(OCCCCn2c(C(C)NC(=O)Cc3ccccc3C)nc3ccccc32)c1. The molecule has 176 valence electrons. The van der Waals surface area contributed by atoms with E-state index >= 15 is 0 Å². The van der Waals surface area contributed by atoms with E-state index in [4.69, 9.17) is 9.72 Å². The third-order valence-electron chi connectivity index (χ3n) is 6.10. The lowest BCUT2D eigenvalue weighted by Crippen LogP contribution is -2.30. The molecule has 34 heavy (non-hydrogen) atoms. The van der Waals surface area contributed by atoms with Crippen molar-refractivity contribution in [2.24, 2.45) is 0 Å². The van der Waals surface area contributed by atoms with Crippen LogP contribution in [0.2, 0.25) is 0 Å². The molecule has 0 aliphatic heterocycles. The van der Waals surface area contributed by atoms with Gasteiger partial charge in [0.15, 0.2) is 0 Å². The maximum atomic E-state index is 12.8. The number of carbonyl (C=O) groups excluding carboxylic acids is 1. The summed E-state index contributed by atoms with van der Waals surface area (Å²) >= 11 is 0. The number of aromatic nitrogens is 2. The minimum atomic E-state index is -0.188. The van der Waals surface area contributed by atoms with Gasteiger partial charge < -0.3 is 14.6 Å². The van der Waals surface area contributed by atoms with Gasteiger partial charge in [0.05, 0.1) is 30.1 Å². The van der Waals surface area contributed by atoms with E-state index in [0.717, 1.165) is 53.1 Å². The number of nitrogens with zero attached hydrogens (tertiary/aromatic N) is 2. The summed E-state index contributed by atoms with van der Waals surface area (Å²) in [7, 11) is 0. The van der Waals surface area contributed by atoms with Gasteiger partial charge in [-0.2, -0.15) is 0 Å². The third-order valence-corrected chi connectivity index (χ3v) is 6.10. The fraction of sp³-hybridized carbons (Fsp3) is 0.310. The molecule has 4 aromatic rings. The Morgan fingerprint density at radius 2 is 1.79 bits per heavy atom. The first-order chi connectivity index (χ1) is 16.5. The van der Waals surface area contributed by atoms with E-state index < -0.39 is 0 Å². The number of amides is 1. The zero-order valence-electron chi connectivity index (χ0n) is 20.3. The number of hydrogen-bond acceptors (Lipinski definition) is 3. The number of carbonyl (C=O) groups is 1. The Kier molecular flexibility index (Phi) is 7.63. The fourth-order valence-electron chi connectivity index (χ4n) is 4.27. The number of imidazole rings is 1. The number of aryl methyl sites for hydroxylation is 3. The van der Waals surface area contributed by atoms with E-state index in [9.17, 15) is 4.79 Å². The molecule has 0 spiro atoms. The average Bonchev–Trinajstić information content (AvgIpc) is 3.19. The van der Waals surface area contributed by atoms with Gasteiger partial charge in [-0.1, -0.05) is 48.5 Å². The Morgan fingerprint density at radius 1 is 1.00 bits per heavy atom. The van der Waals surface area contributed by atoms with Crippen molar-refractivity contribution < 1.29 is 9.53 Å². The Hall–Kier alpha value is -3.60. The molecule has 0 fully saturated rings. The molecule has 1 atom stereocenters. The van der Waals surface area contributed by atoms with Crippen LogP contribution in [-0.2, 0) is 17.8 Å². The molecule has 1 N–H and O–H groups in total. The van der Waals surface area contributed by atoms with Crippen molar-refractivity contribution in [3.63, 3.8) is 0 Å². The topological polar surface area (TPSA) is 56.1 Å². The van der Waals surface area contributed by atoms with E-state index in [1.807, 2.05) is 68.4 Å². The van der Waals surface area contributed by atoms with E-state index in [0.29, 0.717) is 13.0 Å². The average molecular weight is 456 g/mol. The molecule has 0 aliphatic rings. The molecule has 1 heterocycles. The quantitative estimate of drug-likeness (QED) is 0.302. The van der Waals surface area contributed by atoms with Crippen molar-refractivity contribution in [3.05, 3.63) is 95.3 Å². The van der Waals surface area contributed by atoms with E-state index in [-0.39, 0.29) is 11.9 Å². The maximum Gasteiger partial charge on any atom is 0.225 e. The highest BCUT2D eigenvalue weighted by atomic mass is 16.5. The fourth-order valence-corrected chi connectivity index (χ4v) is 4.27. The lowest BCUT2D eigenvalue weighted by Gasteiger charge is -2.17. The molecule has 0 saturated carbocycles. The summed E-state index contributed by atoms with van der Waals surface area (Å²) in [6.07, 6.45) is 2.27. The third kappa shape index (κ3) is 5.84. The first-order valence-corrected chi connectivity index (χ1v) is 12.0. The number of benzene rings is 3. The zero-order valence-corrected chi connectivity index (χ0v) is 20.3. The molecule has 0 saturated heterocycles. The van der Waals surface area contributed by atoms with Gasteiger partial charge in [-0.3, -0.25) is 4.79 Å². The molecule has 1 unspecified atom stereocenters. The number of fused-ring (bicyclic) bond motifs is 1. The number of unbranched alkanes of at least 4 members (excludes halogenated alkanes) is 1. The Labute approximate surface area is 201 Å². The summed E-state index contributed by atoms with van der Waals surface area (Å²) in [5, 5.41) is 3.15. The van der Waals surface area contributed by atoms with Crippen molar-refractivity contribution in [2.45, 2.75) is 52.6 Å². The largest absolute Gasteiger partial charge is 0.494 e. The Morgan fingerprint density at radius 3 is 2.62 bits per heavy atom. The summed E-state index contributed by atoms with van der Waals surface area (Å²) in [6, 6.07) is 24.1. The normalized spacial score (nSPS) is 12.0. The Bertz CT molecular complexity index is 1260. The highest BCUT2D eigenvalue weighted by molar-refractivity contribution is 5.80. The molecule has 1 amide bonds. The van der Waals surface area contributed by atoms with Crippen LogP contribution < -0.4 is 10.1 Å². The van der Waals surface area contributed by atoms with Gasteiger partial charge in [-0.15, -0.1) is 0 Å². The number of rotatable bonds is 10. The van der Waals surface area contributed by atoms with Crippen LogP contribution in [-0.4, -0.2) is 22.1 Å². The van der Waals surface area contributed by atoms with Crippen molar-refractivity contribution >= 4 is 16.9 Å². The first kappa shape index (κ1) is 23.6. The molecule has 5 heteroatoms. The maximum absolute atomic E-state index is 12.8. The molecule has 0 bridgehead atoms. The zero-order chi connectivity index (χ0) is 23.9. The van der Waals surface area contributed by atoms with Crippen LogP contribution in [0.4, 0.5) is 0 Å². The van der Waals surface area contributed by atoms with Crippen molar-refractivity contribution in [1.82, 2.24) is 14.9 Å². The van der Waals surface area contributed by atoms with Crippen LogP contribution in [0.1, 0.15) is 48.3 Å². The highest BCUT2D eigenvalue weighted by Gasteiger charge is 2.18. The van der Waals surface area contributed by atoms with E-state index in [1.54, 1.807) is 0 Å². The second-order valence-corrected chi connectivity index (χ2v) is 8.87. The predicted octanol–water partition coefficient (Wildman–Crippen LogP) is 5.93. The highest BCUT2D eigenvalue weighted by Crippen LogP contribution is 2.22. The summed E-state index contributed by atoms with van der Waals surface area (Å²) in [4.78, 5) is 17.6. The molecule has 0 radical (unpaired) electrons. The standard InChI is InChI=1S/C29H33N3O2/c1-21-11-10-14-25(19-21)34-18-9-8-17-32-27-16-7-6-15-26(27)31-29(32)23(3)30-28(33)20-24-13-5-4-12-22(24)2/h4-7,10-16,19,23H,8-9,17-18,20H2,1-3H3,(H,30,33). The number of hydrogen-bond donors (Lipinski definition) is 1. The molecule has 1 aromatic heterocycles. The summed E-state index contributed by atoms with van der Waals surface area (Å²) in [5.74, 6) is 1.81. The smallest absolute Gasteiger partial charge is 0.225 e. The summed E-state index contributed by atoms with van der Waals surface area (Å²) in [6.45, 7) is 7.61. The van der Waals surface area contributed by atoms with Crippen LogP contribution >= 0.6 is 0 Å². The van der Waals surface area contributed by atoms with Crippen molar-refractivity contribution in [2.75, 3.05) is 6.61 Å². The van der Waals surface area contributed by atoms with Gasteiger partial charge in [-0.25, -0.2) is 4.98 Å². The van der Waals surface area contributed by atoms with Gasteiger partial charge in [0, 0.05) is 6.54 Å². The lowest BCUT2D eigenvalue weighted by atomic mass is 10.1. The minimum absolute atomic E-state index is 0.00645. The lowest BCUT2D eigenvalue weighted by molar-refractivity contribution is -0.121.